The number of hydrogen-bond acceptors (Lipinski definition) is 6. The largest absolute Gasteiger partial charge is 0.505 e. The molecule has 0 unspecified atom stereocenters. The lowest BCUT2D eigenvalue weighted by Gasteiger charge is -2.07. The first kappa shape index (κ1) is 18.5. The van der Waals surface area contributed by atoms with Crippen LogP contribution >= 0.6 is 11.3 Å². The lowest BCUT2D eigenvalue weighted by molar-refractivity contribution is 0.0944. The van der Waals surface area contributed by atoms with Crippen LogP contribution in [0.1, 0.15) is 31.4 Å². The van der Waals surface area contributed by atoms with E-state index in [1.165, 1.54) is 29.5 Å². The molecule has 0 saturated carbocycles. The molecule has 0 atom stereocenters. The van der Waals surface area contributed by atoms with Gasteiger partial charge in [0.25, 0.3) is 11.8 Å². The maximum Gasteiger partial charge on any atom is 0.270 e. The number of benzene rings is 1. The zero-order valence-electron chi connectivity index (χ0n) is 14.0. The molecule has 1 aromatic carbocycles. The van der Waals surface area contributed by atoms with E-state index in [2.05, 4.69) is 20.6 Å². The van der Waals surface area contributed by atoms with Crippen LogP contribution in [-0.4, -0.2) is 26.9 Å². The van der Waals surface area contributed by atoms with E-state index in [4.69, 9.17) is 0 Å². The molecule has 0 bridgehead atoms. The number of thiophene rings is 1. The van der Waals surface area contributed by atoms with Crippen molar-refractivity contribution in [2.45, 2.75) is 13.1 Å². The van der Waals surface area contributed by atoms with Crippen molar-refractivity contribution in [3.8, 4) is 5.75 Å². The Kier molecular flexibility index (Phi) is 5.72. The Balaban J connectivity index is 1.60. The highest BCUT2D eigenvalue weighted by atomic mass is 32.1. The Morgan fingerprint density at radius 3 is 2.37 bits per heavy atom. The van der Waals surface area contributed by atoms with Crippen molar-refractivity contribution in [2.24, 2.45) is 0 Å². The Labute approximate surface area is 157 Å². The minimum Gasteiger partial charge on any atom is -0.505 e. The fourth-order valence-corrected chi connectivity index (χ4v) is 2.86. The normalized spacial score (nSPS) is 10.4. The number of halogens is 1. The average Bonchev–Trinajstić information content (AvgIpc) is 3.20. The maximum absolute atomic E-state index is 13.0. The van der Waals surface area contributed by atoms with E-state index in [1.807, 2.05) is 17.5 Å². The van der Waals surface area contributed by atoms with Crippen LogP contribution in [0.15, 0.2) is 48.1 Å². The van der Waals surface area contributed by atoms with Gasteiger partial charge in [0, 0.05) is 17.5 Å². The van der Waals surface area contributed by atoms with Crippen LogP contribution in [0.4, 0.5) is 4.39 Å². The summed E-state index contributed by atoms with van der Waals surface area (Å²) in [7, 11) is 0. The SMILES string of the molecule is O=C(NCc1ccc(F)c(O)c1)c1cc(C(=O)NCc2cccs2)ncn1. The van der Waals surface area contributed by atoms with E-state index in [0.717, 1.165) is 17.3 Å². The lowest BCUT2D eigenvalue weighted by atomic mass is 10.2. The number of phenolic OH excluding ortho intramolecular Hbond substituents is 1. The highest BCUT2D eigenvalue weighted by Gasteiger charge is 2.13. The molecule has 0 saturated heterocycles. The topological polar surface area (TPSA) is 104 Å². The molecule has 2 amide bonds. The van der Waals surface area contributed by atoms with Crippen LogP contribution in [0.25, 0.3) is 0 Å². The predicted molar refractivity (Wildman–Crippen MR) is 96.8 cm³/mol. The zero-order valence-corrected chi connectivity index (χ0v) is 14.8. The summed E-state index contributed by atoms with van der Waals surface area (Å²) in [6.45, 7) is 0.437. The number of aromatic nitrogens is 2. The molecule has 2 aromatic heterocycles. The molecule has 3 aromatic rings. The molecule has 0 fully saturated rings. The van der Waals surface area contributed by atoms with Crippen LogP contribution in [0.5, 0.6) is 5.75 Å². The van der Waals surface area contributed by atoms with Crippen molar-refractivity contribution in [3.05, 3.63) is 75.8 Å². The van der Waals surface area contributed by atoms with Gasteiger partial charge in [0.15, 0.2) is 11.6 Å². The van der Waals surface area contributed by atoms with Gasteiger partial charge in [0.05, 0.1) is 6.54 Å². The minimum absolute atomic E-state index is 0.0256. The second-order valence-electron chi connectivity index (χ2n) is 5.52. The van der Waals surface area contributed by atoms with Gasteiger partial charge in [-0.3, -0.25) is 9.59 Å². The van der Waals surface area contributed by atoms with Gasteiger partial charge in [-0.2, -0.15) is 0 Å². The second-order valence-corrected chi connectivity index (χ2v) is 6.55. The summed E-state index contributed by atoms with van der Waals surface area (Å²) in [6, 6.07) is 8.85. The molecule has 9 heteroatoms. The summed E-state index contributed by atoms with van der Waals surface area (Å²) in [5, 5.41) is 16.6. The predicted octanol–water partition coefficient (Wildman–Crippen LogP) is 2.24. The Hall–Kier alpha value is -3.33. The first-order valence-electron chi connectivity index (χ1n) is 7.91. The monoisotopic (exact) mass is 386 g/mol. The smallest absolute Gasteiger partial charge is 0.270 e. The van der Waals surface area contributed by atoms with Crippen LogP contribution in [0.2, 0.25) is 0 Å². The van der Waals surface area contributed by atoms with E-state index < -0.39 is 23.4 Å². The quantitative estimate of drug-likeness (QED) is 0.603. The number of carbonyl (C=O) groups is 2. The lowest BCUT2D eigenvalue weighted by Crippen LogP contribution is -2.26. The van der Waals surface area contributed by atoms with Gasteiger partial charge in [-0.25, -0.2) is 14.4 Å². The molecular weight excluding hydrogens is 371 g/mol. The molecule has 0 aliphatic rings. The van der Waals surface area contributed by atoms with Crippen molar-refractivity contribution >= 4 is 23.2 Å². The summed E-state index contributed by atoms with van der Waals surface area (Å²) < 4.78 is 13.0. The fraction of sp³-hybridized carbons (Fsp3) is 0.111. The van der Waals surface area contributed by atoms with Crippen molar-refractivity contribution in [1.29, 1.82) is 0 Å². The number of carbonyl (C=O) groups excluding carboxylic acids is 2. The number of amides is 2. The first-order valence-corrected chi connectivity index (χ1v) is 8.79. The number of nitrogens with zero attached hydrogens (tertiary/aromatic N) is 2. The Morgan fingerprint density at radius 2 is 1.74 bits per heavy atom. The molecule has 3 N–H and O–H groups in total. The van der Waals surface area contributed by atoms with Crippen LogP contribution in [0.3, 0.4) is 0 Å². The molecule has 3 rings (SSSR count). The standard InChI is InChI=1S/C18H15FN4O3S/c19-13-4-3-11(6-16(13)24)8-20-17(25)14-7-15(23-10-22-14)18(26)21-9-12-2-1-5-27-12/h1-7,10,24H,8-9H2,(H,20,25)(H,21,26). The summed E-state index contributed by atoms with van der Waals surface area (Å²) in [5.41, 5.74) is 0.619. The molecule has 7 nitrogen and oxygen atoms in total. The van der Waals surface area contributed by atoms with Crippen molar-refractivity contribution in [2.75, 3.05) is 0 Å². The number of aromatic hydroxyl groups is 1. The molecule has 138 valence electrons. The van der Waals surface area contributed by atoms with Gasteiger partial charge in [-0.1, -0.05) is 12.1 Å². The average molecular weight is 386 g/mol. The number of hydrogen-bond donors (Lipinski definition) is 3. The van der Waals surface area contributed by atoms with Gasteiger partial charge in [0.1, 0.15) is 17.7 Å². The molecule has 0 spiro atoms. The molecular formula is C18H15FN4O3S. The highest BCUT2D eigenvalue weighted by molar-refractivity contribution is 7.09. The van der Waals surface area contributed by atoms with E-state index in [0.29, 0.717) is 12.1 Å². The van der Waals surface area contributed by atoms with Gasteiger partial charge < -0.3 is 15.7 Å². The highest BCUT2D eigenvalue weighted by Crippen LogP contribution is 2.16. The Morgan fingerprint density at radius 1 is 1.04 bits per heavy atom. The van der Waals surface area contributed by atoms with Gasteiger partial charge >= 0.3 is 0 Å². The van der Waals surface area contributed by atoms with E-state index in [9.17, 15) is 19.1 Å². The third-order valence-corrected chi connectivity index (χ3v) is 4.48. The Bertz CT molecular complexity index is 963. The van der Waals surface area contributed by atoms with Gasteiger partial charge in [0.2, 0.25) is 0 Å². The number of phenols is 1. The van der Waals surface area contributed by atoms with Crippen LogP contribution < -0.4 is 10.6 Å². The molecule has 2 heterocycles. The molecule has 0 aliphatic heterocycles. The number of nitrogens with one attached hydrogen (secondary N) is 2. The van der Waals surface area contributed by atoms with Gasteiger partial charge in [-0.15, -0.1) is 11.3 Å². The molecule has 27 heavy (non-hydrogen) atoms. The summed E-state index contributed by atoms with van der Waals surface area (Å²) in [6.07, 6.45) is 1.14. The molecule has 0 aliphatic carbocycles. The minimum atomic E-state index is -0.737. The van der Waals surface area contributed by atoms with Crippen molar-refractivity contribution in [3.63, 3.8) is 0 Å². The van der Waals surface area contributed by atoms with Crippen LogP contribution in [-0.2, 0) is 13.1 Å². The summed E-state index contributed by atoms with van der Waals surface area (Å²) >= 11 is 1.52. The third-order valence-electron chi connectivity index (χ3n) is 3.60. The van der Waals surface area contributed by atoms with Crippen molar-refractivity contribution < 1.29 is 19.1 Å². The summed E-state index contributed by atoms with van der Waals surface area (Å²) in [5.74, 6) is -2.16. The van der Waals surface area contributed by atoms with Gasteiger partial charge in [-0.05, 0) is 29.1 Å². The number of rotatable bonds is 6. The zero-order chi connectivity index (χ0) is 19.2. The van der Waals surface area contributed by atoms with E-state index >= 15 is 0 Å². The summed E-state index contributed by atoms with van der Waals surface area (Å²) in [4.78, 5) is 33.1. The van der Waals surface area contributed by atoms with E-state index in [1.54, 1.807) is 0 Å². The maximum atomic E-state index is 13.0. The fourth-order valence-electron chi connectivity index (χ4n) is 2.22. The van der Waals surface area contributed by atoms with Crippen LogP contribution in [0, 0.1) is 5.82 Å². The van der Waals surface area contributed by atoms with Crippen molar-refractivity contribution in [1.82, 2.24) is 20.6 Å². The third kappa shape index (κ3) is 4.85. The van der Waals surface area contributed by atoms with E-state index in [-0.39, 0.29) is 17.9 Å². The molecule has 0 radical (unpaired) electrons. The first-order chi connectivity index (χ1) is 13.0. The second kappa shape index (κ2) is 8.37.